The highest BCUT2D eigenvalue weighted by Crippen LogP contribution is 2.44. The van der Waals surface area contributed by atoms with Gasteiger partial charge in [-0.1, -0.05) is 13.3 Å². The van der Waals surface area contributed by atoms with Crippen molar-refractivity contribution in [1.82, 2.24) is 9.97 Å². The zero-order chi connectivity index (χ0) is 13.7. The number of anilines is 2. The van der Waals surface area contributed by atoms with Gasteiger partial charge in [-0.2, -0.15) is 0 Å². The van der Waals surface area contributed by atoms with Crippen LogP contribution in [0, 0.1) is 5.41 Å². The second kappa shape index (κ2) is 6.08. The summed E-state index contributed by atoms with van der Waals surface area (Å²) in [7, 11) is 1.66. The molecule has 0 spiro atoms. The van der Waals surface area contributed by atoms with Crippen molar-refractivity contribution in [3.63, 3.8) is 0 Å². The van der Waals surface area contributed by atoms with Crippen LogP contribution >= 0.6 is 0 Å². The van der Waals surface area contributed by atoms with Crippen molar-refractivity contribution in [3.8, 4) is 5.75 Å². The Balaban J connectivity index is 2.08. The predicted octanol–water partition coefficient (Wildman–Crippen LogP) is 2.91. The number of hydrogen-bond acceptors (Lipinski definition) is 5. The first kappa shape index (κ1) is 13.9. The van der Waals surface area contributed by atoms with Crippen molar-refractivity contribution in [2.24, 2.45) is 5.41 Å². The Bertz CT molecular complexity index is 412. The fourth-order valence-corrected chi connectivity index (χ4v) is 2.59. The van der Waals surface area contributed by atoms with Crippen LogP contribution in [-0.4, -0.2) is 30.2 Å². The highest BCUT2D eigenvalue weighted by Gasteiger charge is 2.35. The van der Waals surface area contributed by atoms with Crippen LogP contribution in [0.15, 0.2) is 6.33 Å². The lowest BCUT2D eigenvalue weighted by Crippen LogP contribution is -2.36. The van der Waals surface area contributed by atoms with E-state index in [1.54, 1.807) is 13.4 Å². The quantitative estimate of drug-likeness (QED) is 0.793. The monoisotopic (exact) mass is 264 g/mol. The number of aromatic nitrogens is 2. The summed E-state index contributed by atoms with van der Waals surface area (Å²) < 4.78 is 5.43. The maximum Gasteiger partial charge on any atom is 0.204 e. The lowest BCUT2D eigenvalue weighted by atomic mass is 9.67. The van der Waals surface area contributed by atoms with Crippen LogP contribution < -0.4 is 15.4 Å². The smallest absolute Gasteiger partial charge is 0.204 e. The molecule has 106 valence electrons. The van der Waals surface area contributed by atoms with Gasteiger partial charge in [-0.15, -0.1) is 0 Å². The number of hydrogen-bond donors (Lipinski definition) is 2. The Morgan fingerprint density at radius 1 is 1.21 bits per heavy atom. The topological polar surface area (TPSA) is 59.1 Å². The maximum absolute atomic E-state index is 5.43. The summed E-state index contributed by atoms with van der Waals surface area (Å²) in [4.78, 5) is 8.51. The van der Waals surface area contributed by atoms with Crippen LogP contribution in [0.5, 0.6) is 5.75 Å². The third kappa shape index (κ3) is 2.91. The molecule has 0 amide bonds. The van der Waals surface area contributed by atoms with E-state index in [9.17, 15) is 0 Å². The van der Waals surface area contributed by atoms with Crippen LogP contribution in [-0.2, 0) is 0 Å². The minimum absolute atomic E-state index is 0.453. The summed E-state index contributed by atoms with van der Waals surface area (Å²) >= 11 is 0. The van der Waals surface area contributed by atoms with E-state index < -0.39 is 0 Å². The Hall–Kier alpha value is -1.52. The van der Waals surface area contributed by atoms with Crippen molar-refractivity contribution >= 4 is 11.6 Å². The Labute approximate surface area is 115 Å². The largest absolute Gasteiger partial charge is 0.490 e. The van der Waals surface area contributed by atoms with Gasteiger partial charge in [0.05, 0.1) is 7.11 Å². The second-order valence-corrected chi connectivity index (χ2v) is 5.20. The molecule has 19 heavy (non-hydrogen) atoms. The molecule has 1 fully saturated rings. The summed E-state index contributed by atoms with van der Waals surface area (Å²) in [6.07, 6.45) is 6.75. The molecular formula is C14H24N4O. The second-order valence-electron chi connectivity index (χ2n) is 5.20. The molecule has 2 N–H and O–H groups in total. The number of rotatable bonds is 7. The molecule has 1 heterocycles. The highest BCUT2D eigenvalue weighted by atomic mass is 16.5. The molecule has 1 aromatic rings. The molecule has 1 aliphatic rings. The van der Waals surface area contributed by atoms with Crippen LogP contribution in [0.4, 0.5) is 11.6 Å². The summed E-state index contributed by atoms with van der Waals surface area (Å²) in [5, 5.41) is 6.63. The molecule has 2 rings (SSSR count). The Morgan fingerprint density at radius 3 is 2.37 bits per heavy atom. The SMILES string of the molecule is CCNc1ncnc(NCC2(CC)CCC2)c1OC. The number of nitrogens with one attached hydrogen (secondary N) is 2. The van der Waals surface area contributed by atoms with Gasteiger partial charge in [-0.25, -0.2) is 9.97 Å². The van der Waals surface area contributed by atoms with Crippen LogP contribution in [0.2, 0.25) is 0 Å². The molecule has 1 aromatic heterocycles. The standard InChI is InChI=1S/C14H24N4O/c1-4-14(7-6-8-14)9-16-13-11(19-3)12(15-5-2)17-10-18-13/h10H,4-9H2,1-3H3,(H2,15,16,17,18). The molecule has 0 atom stereocenters. The van der Waals surface area contributed by atoms with E-state index in [0.717, 1.165) is 24.7 Å². The van der Waals surface area contributed by atoms with Crippen molar-refractivity contribution in [3.05, 3.63) is 6.33 Å². The third-order valence-electron chi connectivity index (χ3n) is 4.15. The molecule has 0 aromatic carbocycles. The maximum atomic E-state index is 5.43. The van der Waals surface area contributed by atoms with Gasteiger partial charge in [0.25, 0.3) is 0 Å². The van der Waals surface area contributed by atoms with E-state index in [1.807, 2.05) is 6.92 Å². The Morgan fingerprint density at radius 2 is 1.89 bits per heavy atom. The predicted molar refractivity (Wildman–Crippen MR) is 77.8 cm³/mol. The van der Waals surface area contributed by atoms with E-state index >= 15 is 0 Å². The zero-order valence-corrected chi connectivity index (χ0v) is 12.1. The third-order valence-corrected chi connectivity index (χ3v) is 4.15. The Kier molecular flexibility index (Phi) is 4.45. The first-order valence-corrected chi connectivity index (χ1v) is 7.11. The van der Waals surface area contributed by atoms with Gasteiger partial charge in [0.2, 0.25) is 5.75 Å². The van der Waals surface area contributed by atoms with E-state index in [1.165, 1.54) is 25.7 Å². The average Bonchev–Trinajstić information content (AvgIpc) is 2.38. The number of ether oxygens (including phenoxy) is 1. The first-order chi connectivity index (χ1) is 9.24. The van der Waals surface area contributed by atoms with Crippen molar-refractivity contribution in [1.29, 1.82) is 0 Å². The molecule has 0 saturated heterocycles. The molecule has 0 unspecified atom stereocenters. The molecule has 5 nitrogen and oxygen atoms in total. The van der Waals surface area contributed by atoms with E-state index in [2.05, 4.69) is 27.5 Å². The molecule has 1 aliphatic carbocycles. The van der Waals surface area contributed by atoms with Crippen LogP contribution in [0.25, 0.3) is 0 Å². The molecule has 0 bridgehead atoms. The normalized spacial score (nSPS) is 16.6. The highest BCUT2D eigenvalue weighted by molar-refractivity contribution is 5.63. The van der Waals surface area contributed by atoms with Crippen molar-refractivity contribution in [2.75, 3.05) is 30.8 Å². The molecule has 0 radical (unpaired) electrons. The minimum Gasteiger partial charge on any atom is -0.490 e. The van der Waals surface area contributed by atoms with E-state index in [4.69, 9.17) is 4.74 Å². The molecule has 5 heteroatoms. The van der Waals surface area contributed by atoms with Gasteiger partial charge in [-0.05, 0) is 31.6 Å². The zero-order valence-electron chi connectivity index (χ0n) is 12.1. The van der Waals surface area contributed by atoms with Gasteiger partial charge in [0, 0.05) is 13.1 Å². The molecular weight excluding hydrogens is 240 g/mol. The fraction of sp³-hybridized carbons (Fsp3) is 0.714. The van der Waals surface area contributed by atoms with Gasteiger partial charge >= 0.3 is 0 Å². The number of methoxy groups -OCH3 is 1. The summed E-state index contributed by atoms with van der Waals surface area (Å²) in [6, 6.07) is 0. The van der Waals surface area contributed by atoms with Gasteiger partial charge in [-0.3, -0.25) is 0 Å². The van der Waals surface area contributed by atoms with Crippen molar-refractivity contribution in [2.45, 2.75) is 39.5 Å². The lowest BCUT2D eigenvalue weighted by molar-refractivity contribution is 0.144. The molecule has 0 aliphatic heterocycles. The van der Waals surface area contributed by atoms with Crippen LogP contribution in [0.3, 0.4) is 0 Å². The molecule has 1 saturated carbocycles. The van der Waals surface area contributed by atoms with Gasteiger partial charge in [0.15, 0.2) is 11.6 Å². The van der Waals surface area contributed by atoms with Gasteiger partial charge in [0.1, 0.15) is 6.33 Å². The van der Waals surface area contributed by atoms with Gasteiger partial charge < -0.3 is 15.4 Å². The van der Waals surface area contributed by atoms with E-state index in [0.29, 0.717) is 11.2 Å². The average molecular weight is 264 g/mol. The van der Waals surface area contributed by atoms with E-state index in [-0.39, 0.29) is 0 Å². The summed E-state index contributed by atoms with van der Waals surface area (Å²) in [5.41, 5.74) is 0.453. The van der Waals surface area contributed by atoms with Crippen LogP contribution in [0.1, 0.15) is 39.5 Å². The fourth-order valence-electron chi connectivity index (χ4n) is 2.59. The van der Waals surface area contributed by atoms with Crippen molar-refractivity contribution < 1.29 is 4.74 Å². The summed E-state index contributed by atoms with van der Waals surface area (Å²) in [6.45, 7) is 6.07. The summed E-state index contributed by atoms with van der Waals surface area (Å²) in [5.74, 6) is 2.24. The number of nitrogens with zero attached hydrogens (tertiary/aromatic N) is 2. The lowest BCUT2D eigenvalue weighted by Gasteiger charge is -2.41. The minimum atomic E-state index is 0.453. The first-order valence-electron chi connectivity index (χ1n) is 7.11.